The van der Waals surface area contributed by atoms with Gasteiger partial charge in [-0.3, -0.25) is 0 Å². The molecule has 0 radical (unpaired) electrons. The Kier molecular flexibility index (Phi) is 3.73. The lowest BCUT2D eigenvalue weighted by Gasteiger charge is -2.07. The van der Waals surface area contributed by atoms with Crippen LogP contribution >= 0.6 is 50.5 Å². The molecule has 0 spiro atoms. The van der Waals surface area contributed by atoms with Gasteiger partial charge in [-0.2, -0.15) is 0 Å². The summed E-state index contributed by atoms with van der Waals surface area (Å²) in [5, 5.41) is 0.591. The van der Waals surface area contributed by atoms with E-state index in [1.54, 1.807) is 11.3 Å². The van der Waals surface area contributed by atoms with Crippen LogP contribution in [-0.4, -0.2) is 0 Å². The summed E-state index contributed by atoms with van der Waals surface area (Å²) in [6.45, 7) is 0. The minimum atomic E-state index is -0.125. The number of hydrogen-bond acceptors (Lipinski definition) is 1. The first kappa shape index (κ1) is 11.5. The summed E-state index contributed by atoms with van der Waals surface area (Å²) in [7, 11) is 0. The van der Waals surface area contributed by atoms with Gasteiger partial charge in [0, 0.05) is 9.90 Å². The molecule has 2 aromatic rings. The minimum absolute atomic E-state index is 0.125. The molecular weight excluding hydrogens is 315 g/mol. The highest BCUT2D eigenvalue weighted by Gasteiger charge is 2.12. The maximum atomic E-state index is 6.35. The van der Waals surface area contributed by atoms with E-state index in [0.717, 1.165) is 14.2 Å². The van der Waals surface area contributed by atoms with E-state index in [-0.39, 0.29) is 5.38 Å². The highest BCUT2D eigenvalue weighted by Crippen LogP contribution is 2.36. The van der Waals surface area contributed by atoms with Crippen LogP contribution in [0.5, 0.6) is 0 Å². The molecule has 0 fully saturated rings. The van der Waals surface area contributed by atoms with E-state index >= 15 is 0 Å². The Hall–Kier alpha value is -0.0200. The van der Waals surface area contributed by atoms with Gasteiger partial charge in [-0.15, -0.1) is 22.9 Å². The lowest BCUT2D eigenvalue weighted by atomic mass is 10.1. The van der Waals surface area contributed by atoms with Crippen LogP contribution in [-0.2, 0) is 0 Å². The van der Waals surface area contributed by atoms with E-state index in [4.69, 9.17) is 23.2 Å². The van der Waals surface area contributed by atoms with E-state index in [1.807, 2.05) is 36.4 Å². The summed E-state index contributed by atoms with van der Waals surface area (Å²) in [6.07, 6.45) is 0. The molecule has 1 unspecified atom stereocenters. The molecule has 0 amide bonds. The molecule has 1 aromatic carbocycles. The Bertz CT molecular complexity index is 467. The van der Waals surface area contributed by atoms with Crippen LogP contribution < -0.4 is 0 Å². The number of thiophene rings is 1. The van der Waals surface area contributed by atoms with Crippen molar-refractivity contribution in [3.05, 3.63) is 55.6 Å². The van der Waals surface area contributed by atoms with Gasteiger partial charge in [0.1, 0.15) is 0 Å². The van der Waals surface area contributed by atoms with Crippen molar-refractivity contribution in [2.24, 2.45) is 0 Å². The maximum absolute atomic E-state index is 6.35. The topological polar surface area (TPSA) is 0 Å². The lowest BCUT2D eigenvalue weighted by Crippen LogP contribution is -1.89. The number of benzene rings is 1. The van der Waals surface area contributed by atoms with Crippen LogP contribution in [0.1, 0.15) is 15.8 Å². The highest BCUT2D eigenvalue weighted by atomic mass is 79.9. The minimum Gasteiger partial charge on any atom is -0.131 e. The van der Waals surface area contributed by atoms with Gasteiger partial charge in [-0.05, 0) is 45.8 Å². The molecule has 1 atom stereocenters. The second-order valence-corrected chi connectivity index (χ2v) is 6.43. The van der Waals surface area contributed by atoms with E-state index in [2.05, 4.69) is 15.9 Å². The van der Waals surface area contributed by atoms with Gasteiger partial charge in [-0.25, -0.2) is 0 Å². The van der Waals surface area contributed by atoms with Gasteiger partial charge >= 0.3 is 0 Å². The fourth-order valence-corrected chi connectivity index (χ4v) is 3.26. The van der Waals surface area contributed by atoms with Gasteiger partial charge in [0.2, 0.25) is 0 Å². The monoisotopic (exact) mass is 320 g/mol. The van der Waals surface area contributed by atoms with E-state index in [9.17, 15) is 0 Å². The Morgan fingerprint density at radius 2 is 2.00 bits per heavy atom. The molecule has 78 valence electrons. The third-order valence-electron chi connectivity index (χ3n) is 1.99. The second kappa shape index (κ2) is 4.88. The van der Waals surface area contributed by atoms with Gasteiger partial charge < -0.3 is 0 Å². The van der Waals surface area contributed by atoms with Crippen molar-refractivity contribution in [1.29, 1.82) is 0 Å². The van der Waals surface area contributed by atoms with Crippen molar-refractivity contribution < 1.29 is 0 Å². The van der Waals surface area contributed by atoms with E-state index in [0.29, 0.717) is 5.02 Å². The molecule has 0 nitrogen and oxygen atoms in total. The lowest BCUT2D eigenvalue weighted by molar-refractivity contribution is 1.18. The Balaban J connectivity index is 2.32. The molecule has 0 aliphatic rings. The van der Waals surface area contributed by atoms with Gasteiger partial charge in [0.25, 0.3) is 0 Å². The van der Waals surface area contributed by atoms with Gasteiger partial charge in [0.15, 0.2) is 0 Å². The van der Waals surface area contributed by atoms with Crippen molar-refractivity contribution in [1.82, 2.24) is 0 Å². The Morgan fingerprint density at radius 1 is 1.20 bits per heavy atom. The number of rotatable bonds is 2. The summed E-state index contributed by atoms with van der Waals surface area (Å²) in [5.74, 6) is 0. The standard InChI is InChI=1S/C11H7BrCl2S/c12-10-5-4-9(15-10)11(14)7-2-1-3-8(13)6-7/h1-6,11H. The van der Waals surface area contributed by atoms with Crippen molar-refractivity contribution in [3.63, 3.8) is 0 Å². The second-order valence-electron chi connectivity index (χ2n) is 3.06. The highest BCUT2D eigenvalue weighted by molar-refractivity contribution is 9.11. The molecule has 0 aliphatic carbocycles. The van der Waals surface area contributed by atoms with Crippen LogP contribution in [0.15, 0.2) is 40.2 Å². The molecule has 1 aromatic heterocycles. The molecule has 0 bridgehead atoms. The fraction of sp³-hybridized carbons (Fsp3) is 0.0909. The average Bonchev–Trinajstić information content (AvgIpc) is 2.64. The smallest absolute Gasteiger partial charge is 0.0928 e. The van der Waals surface area contributed by atoms with Gasteiger partial charge in [0.05, 0.1) is 9.16 Å². The summed E-state index contributed by atoms with van der Waals surface area (Å²) < 4.78 is 1.09. The molecule has 0 saturated carbocycles. The molecule has 0 N–H and O–H groups in total. The van der Waals surface area contributed by atoms with Crippen molar-refractivity contribution in [3.8, 4) is 0 Å². The molecule has 0 saturated heterocycles. The molecule has 4 heteroatoms. The van der Waals surface area contributed by atoms with Crippen LogP contribution in [0.3, 0.4) is 0 Å². The quantitative estimate of drug-likeness (QED) is 0.641. The Morgan fingerprint density at radius 3 is 2.60 bits per heavy atom. The molecular formula is C11H7BrCl2S. The molecule has 1 heterocycles. The number of hydrogen-bond donors (Lipinski definition) is 0. The summed E-state index contributed by atoms with van der Waals surface area (Å²) in [5.41, 5.74) is 1.03. The van der Waals surface area contributed by atoms with Crippen LogP contribution in [0.2, 0.25) is 5.02 Å². The Labute approximate surface area is 111 Å². The average molecular weight is 322 g/mol. The van der Waals surface area contributed by atoms with Gasteiger partial charge in [-0.1, -0.05) is 23.7 Å². The van der Waals surface area contributed by atoms with Crippen molar-refractivity contribution >= 4 is 50.5 Å². The molecule has 15 heavy (non-hydrogen) atoms. The normalized spacial score (nSPS) is 12.7. The third kappa shape index (κ3) is 2.76. The van der Waals surface area contributed by atoms with E-state index < -0.39 is 0 Å². The summed E-state index contributed by atoms with van der Waals surface area (Å²) in [4.78, 5) is 1.12. The van der Waals surface area contributed by atoms with Crippen LogP contribution in [0, 0.1) is 0 Å². The largest absolute Gasteiger partial charge is 0.131 e. The van der Waals surface area contributed by atoms with Crippen molar-refractivity contribution in [2.75, 3.05) is 0 Å². The number of halogens is 3. The first-order chi connectivity index (χ1) is 7.16. The first-order valence-electron chi connectivity index (χ1n) is 4.31. The molecule has 0 aliphatic heterocycles. The third-order valence-corrected chi connectivity index (χ3v) is 4.53. The zero-order chi connectivity index (χ0) is 10.8. The molecule has 2 rings (SSSR count). The predicted molar refractivity (Wildman–Crippen MR) is 71.2 cm³/mol. The zero-order valence-electron chi connectivity index (χ0n) is 7.58. The fourth-order valence-electron chi connectivity index (χ4n) is 1.29. The van der Waals surface area contributed by atoms with E-state index in [1.165, 1.54) is 0 Å². The zero-order valence-corrected chi connectivity index (χ0v) is 11.5. The predicted octanol–water partition coefficient (Wildman–Crippen LogP) is 5.49. The first-order valence-corrected chi connectivity index (χ1v) is 6.74. The van der Waals surface area contributed by atoms with Crippen LogP contribution in [0.25, 0.3) is 0 Å². The SMILES string of the molecule is Clc1cccc(C(Cl)c2ccc(Br)s2)c1. The van der Waals surface area contributed by atoms with Crippen LogP contribution in [0.4, 0.5) is 0 Å². The summed E-state index contributed by atoms with van der Waals surface area (Å²) >= 11 is 17.3. The maximum Gasteiger partial charge on any atom is 0.0928 e. The van der Waals surface area contributed by atoms with Crippen molar-refractivity contribution in [2.45, 2.75) is 5.38 Å². The summed E-state index contributed by atoms with van der Waals surface area (Å²) in [6, 6.07) is 11.7. The number of alkyl halides is 1.